The number of rotatable bonds is 3. The van der Waals surface area contributed by atoms with Crippen molar-refractivity contribution in [1.82, 2.24) is 0 Å². The summed E-state index contributed by atoms with van der Waals surface area (Å²) in [7, 11) is 0. The maximum atomic E-state index is 13.1. The molecule has 24 heavy (non-hydrogen) atoms. The Balaban J connectivity index is 1.96. The second-order valence-electron chi connectivity index (χ2n) is 6.36. The van der Waals surface area contributed by atoms with E-state index in [0.717, 1.165) is 24.1 Å². The van der Waals surface area contributed by atoms with E-state index in [2.05, 4.69) is 6.92 Å². The predicted molar refractivity (Wildman–Crippen MR) is 91.9 cm³/mol. The van der Waals surface area contributed by atoms with Gasteiger partial charge in [-0.15, -0.1) is 23.2 Å². The van der Waals surface area contributed by atoms with Crippen LogP contribution in [0.25, 0.3) is 0 Å². The zero-order chi connectivity index (χ0) is 17.7. The molecule has 0 nitrogen and oxygen atoms in total. The van der Waals surface area contributed by atoms with E-state index in [9.17, 15) is 13.2 Å². The van der Waals surface area contributed by atoms with Gasteiger partial charge in [-0.05, 0) is 42.2 Å². The fourth-order valence-electron chi connectivity index (χ4n) is 3.27. The highest BCUT2D eigenvalue weighted by Gasteiger charge is 2.64. The Labute approximate surface area is 149 Å². The van der Waals surface area contributed by atoms with Crippen LogP contribution in [0, 0.1) is 6.92 Å². The van der Waals surface area contributed by atoms with Crippen molar-refractivity contribution in [2.75, 3.05) is 0 Å². The van der Waals surface area contributed by atoms with E-state index in [4.69, 9.17) is 23.2 Å². The average molecular weight is 373 g/mol. The van der Waals surface area contributed by atoms with E-state index in [0.29, 0.717) is 11.1 Å². The molecule has 1 fully saturated rings. The molecule has 0 aliphatic heterocycles. The van der Waals surface area contributed by atoms with E-state index in [1.54, 1.807) is 13.0 Å². The first-order valence-electron chi connectivity index (χ1n) is 7.80. The summed E-state index contributed by atoms with van der Waals surface area (Å²) in [6, 6.07) is 12.0. The van der Waals surface area contributed by atoms with Crippen LogP contribution in [0.1, 0.15) is 46.6 Å². The number of aryl methyl sites for hydroxylation is 2. The third kappa shape index (κ3) is 3.16. The molecule has 1 saturated carbocycles. The number of alkyl halides is 5. The Kier molecular flexibility index (Phi) is 4.38. The van der Waals surface area contributed by atoms with Crippen LogP contribution in [0.4, 0.5) is 13.2 Å². The third-order valence-corrected chi connectivity index (χ3v) is 5.53. The summed E-state index contributed by atoms with van der Waals surface area (Å²) >= 11 is 12.8. The van der Waals surface area contributed by atoms with Crippen LogP contribution in [-0.2, 0) is 12.6 Å². The van der Waals surface area contributed by atoms with Gasteiger partial charge in [0.2, 0.25) is 0 Å². The largest absolute Gasteiger partial charge is 0.416 e. The van der Waals surface area contributed by atoms with Crippen molar-refractivity contribution in [3.63, 3.8) is 0 Å². The maximum Gasteiger partial charge on any atom is 0.416 e. The minimum atomic E-state index is -4.38. The van der Waals surface area contributed by atoms with Crippen LogP contribution < -0.4 is 0 Å². The van der Waals surface area contributed by atoms with Gasteiger partial charge < -0.3 is 0 Å². The van der Waals surface area contributed by atoms with Crippen molar-refractivity contribution in [2.45, 2.75) is 42.6 Å². The SMILES string of the molecule is CCc1ccc(C2C(c3cc(C)cc(C(F)(F)F)c3)C2(Cl)Cl)cc1. The molecule has 0 spiro atoms. The molecule has 0 heterocycles. The molecular formula is C19H17Cl2F3. The third-order valence-electron chi connectivity index (χ3n) is 4.59. The molecule has 0 N–H and O–H groups in total. The van der Waals surface area contributed by atoms with Crippen molar-refractivity contribution in [3.05, 3.63) is 70.3 Å². The molecule has 3 rings (SSSR count). The first kappa shape index (κ1) is 17.6. The summed E-state index contributed by atoms with van der Waals surface area (Å²) in [5.41, 5.74) is 2.58. The number of benzene rings is 2. The van der Waals surface area contributed by atoms with Crippen molar-refractivity contribution >= 4 is 23.2 Å². The van der Waals surface area contributed by atoms with Crippen molar-refractivity contribution in [1.29, 1.82) is 0 Å². The second-order valence-corrected chi connectivity index (χ2v) is 7.80. The molecule has 0 radical (unpaired) electrons. The Morgan fingerprint density at radius 1 is 0.958 bits per heavy atom. The fraction of sp³-hybridized carbons (Fsp3) is 0.368. The Morgan fingerprint density at radius 2 is 1.54 bits per heavy atom. The summed E-state index contributed by atoms with van der Waals surface area (Å²) in [5.74, 6) is -0.538. The van der Waals surface area contributed by atoms with E-state index in [-0.39, 0.29) is 11.8 Å². The van der Waals surface area contributed by atoms with Gasteiger partial charge in [-0.25, -0.2) is 0 Å². The predicted octanol–water partition coefficient (Wildman–Crippen LogP) is 6.63. The van der Waals surface area contributed by atoms with Gasteiger partial charge in [0.15, 0.2) is 0 Å². The summed E-state index contributed by atoms with van der Waals surface area (Å²) in [6.45, 7) is 3.71. The summed E-state index contributed by atoms with van der Waals surface area (Å²) in [4.78, 5) is 0. The first-order valence-corrected chi connectivity index (χ1v) is 8.55. The molecule has 2 aromatic rings. The standard InChI is InChI=1S/C19H17Cl2F3/c1-3-12-4-6-13(7-5-12)16-17(18(16,20)21)14-8-11(2)9-15(10-14)19(22,23)24/h4-10,16-17H,3H2,1-2H3. The van der Waals surface area contributed by atoms with Gasteiger partial charge in [0.05, 0.1) is 5.56 Å². The molecule has 2 unspecified atom stereocenters. The van der Waals surface area contributed by atoms with Crippen LogP contribution in [0.3, 0.4) is 0 Å². The molecule has 0 saturated heterocycles. The van der Waals surface area contributed by atoms with Gasteiger partial charge in [0, 0.05) is 11.8 Å². The minimum absolute atomic E-state index is 0.199. The number of halogens is 5. The number of hydrogen-bond acceptors (Lipinski definition) is 0. The van der Waals surface area contributed by atoms with Crippen LogP contribution in [0.2, 0.25) is 0 Å². The average Bonchev–Trinajstić information content (AvgIpc) is 3.08. The van der Waals surface area contributed by atoms with Crippen molar-refractivity contribution in [3.8, 4) is 0 Å². The maximum absolute atomic E-state index is 13.1. The lowest BCUT2D eigenvalue weighted by atomic mass is 9.99. The molecule has 1 aliphatic carbocycles. The molecule has 0 amide bonds. The summed E-state index contributed by atoms with van der Waals surface area (Å²) in [6.07, 6.45) is -3.46. The van der Waals surface area contributed by atoms with Crippen LogP contribution in [0.5, 0.6) is 0 Å². The lowest BCUT2D eigenvalue weighted by Crippen LogP contribution is -2.06. The highest BCUT2D eigenvalue weighted by atomic mass is 35.5. The van der Waals surface area contributed by atoms with Crippen LogP contribution in [0.15, 0.2) is 42.5 Å². The van der Waals surface area contributed by atoms with Gasteiger partial charge >= 0.3 is 6.18 Å². The molecular weight excluding hydrogens is 356 g/mol. The van der Waals surface area contributed by atoms with E-state index in [1.807, 2.05) is 24.3 Å². The molecule has 0 aromatic heterocycles. The molecule has 5 heteroatoms. The van der Waals surface area contributed by atoms with Gasteiger partial charge in [0.25, 0.3) is 0 Å². The number of hydrogen-bond donors (Lipinski definition) is 0. The highest BCUT2D eigenvalue weighted by Crippen LogP contribution is 2.70. The smallest absolute Gasteiger partial charge is 0.166 e. The molecule has 1 aliphatic rings. The Bertz CT molecular complexity index is 748. The molecule has 2 aromatic carbocycles. The van der Waals surface area contributed by atoms with Gasteiger partial charge in [-0.2, -0.15) is 13.2 Å². The molecule has 2 atom stereocenters. The monoisotopic (exact) mass is 372 g/mol. The first-order chi connectivity index (χ1) is 11.1. The van der Waals surface area contributed by atoms with E-state index in [1.165, 1.54) is 5.56 Å². The lowest BCUT2D eigenvalue weighted by Gasteiger charge is -2.11. The highest BCUT2D eigenvalue weighted by molar-refractivity contribution is 6.52. The van der Waals surface area contributed by atoms with Crippen molar-refractivity contribution < 1.29 is 13.2 Å². The molecule has 128 valence electrons. The lowest BCUT2D eigenvalue weighted by molar-refractivity contribution is -0.137. The van der Waals surface area contributed by atoms with Gasteiger partial charge in [-0.3, -0.25) is 0 Å². The van der Waals surface area contributed by atoms with Crippen LogP contribution >= 0.6 is 23.2 Å². The quantitative estimate of drug-likeness (QED) is 0.530. The topological polar surface area (TPSA) is 0 Å². The zero-order valence-electron chi connectivity index (χ0n) is 13.3. The second kappa shape index (κ2) is 5.96. The van der Waals surface area contributed by atoms with Gasteiger partial charge in [0.1, 0.15) is 4.33 Å². The minimum Gasteiger partial charge on any atom is -0.166 e. The van der Waals surface area contributed by atoms with Crippen LogP contribution in [-0.4, -0.2) is 4.33 Å². The van der Waals surface area contributed by atoms with E-state index >= 15 is 0 Å². The van der Waals surface area contributed by atoms with Crippen molar-refractivity contribution in [2.24, 2.45) is 0 Å². The van der Waals surface area contributed by atoms with Gasteiger partial charge in [-0.1, -0.05) is 42.8 Å². The zero-order valence-corrected chi connectivity index (χ0v) is 14.8. The Morgan fingerprint density at radius 3 is 2.08 bits per heavy atom. The fourth-order valence-corrected chi connectivity index (χ4v) is 4.15. The summed E-state index contributed by atoms with van der Waals surface area (Å²) in [5, 5.41) is 0. The summed E-state index contributed by atoms with van der Waals surface area (Å²) < 4.78 is 38.1. The van der Waals surface area contributed by atoms with E-state index < -0.39 is 16.1 Å². The molecule has 0 bridgehead atoms. The normalized spacial score (nSPS) is 22.5. The Hall–Kier alpha value is -1.19.